The molecule has 1 aliphatic carbocycles. The number of carbonyl (C=O) groups excluding carboxylic acids is 2. The molecule has 2 aromatic rings. The van der Waals surface area contributed by atoms with Crippen LogP contribution in [0.4, 0.5) is 11.4 Å². The van der Waals surface area contributed by atoms with Crippen LogP contribution in [0.1, 0.15) is 23.1 Å². The maximum atomic E-state index is 12.3. The number of hydrogen-bond acceptors (Lipinski definition) is 2. The maximum Gasteiger partial charge on any atom is 0.228 e. The van der Waals surface area contributed by atoms with E-state index in [-0.39, 0.29) is 23.7 Å². The van der Waals surface area contributed by atoms with Crippen molar-refractivity contribution in [1.82, 2.24) is 0 Å². The molecular weight excluding hydrogens is 300 g/mol. The fraction of sp³-hybridized carbons (Fsp3) is 0.300. The summed E-state index contributed by atoms with van der Waals surface area (Å²) in [5.41, 5.74) is 5.02. The zero-order valence-electron chi connectivity index (χ0n) is 14.2. The van der Waals surface area contributed by atoms with E-state index in [2.05, 4.69) is 10.6 Å². The Hall–Kier alpha value is -2.62. The van der Waals surface area contributed by atoms with Gasteiger partial charge in [0.15, 0.2) is 0 Å². The summed E-state index contributed by atoms with van der Waals surface area (Å²) in [6, 6.07) is 13.5. The molecule has 1 saturated carbocycles. The molecule has 3 rings (SSSR count). The van der Waals surface area contributed by atoms with E-state index in [4.69, 9.17) is 0 Å². The highest BCUT2D eigenvalue weighted by atomic mass is 16.2. The summed E-state index contributed by atoms with van der Waals surface area (Å²) in [4.78, 5) is 24.5. The molecule has 2 N–H and O–H groups in total. The van der Waals surface area contributed by atoms with Crippen molar-refractivity contribution in [2.45, 2.75) is 27.2 Å². The van der Waals surface area contributed by atoms with Gasteiger partial charge in [-0.1, -0.05) is 23.8 Å². The number of carbonyl (C=O) groups is 2. The molecule has 4 heteroatoms. The second-order valence-electron chi connectivity index (χ2n) is 6.59. The summed E-state index contributed by atoms with van der Waals surface area (Å²) in [7, 11) is 0. The lowest BCUT2D eigenvalue weighted by Crippen LogP contribution is -2.20. The Kier molecular flexibility index (Phi) is 4.38. The predicted octanol–water partition coefficient (Wildman–Crippen LogP) is 3.83. The predicted molar refractivity (Wildman–Crippen MR) is 96.0 cm³/mol. The van der Waals surface area contributed by atoms with Gasteiger partial charge in [-0.3, -0.25) is 9.59 Å². The van der Waals surface area contributed by atoms with Gasteiger partial charge in [-0.05, 0) is 62.6 Å². The number of rotatable bonds is 4. The summed E-state index contributed by atoms with van der Waals surface area (Å²) in [5.74, 6) is -0.642. The van der Waals surface area contributed by atoms with Crippen LogP contribution in [0.5, 0.6) is 0 Å². The van der Waals surface area contributed by atoms with E-state index in [1.807, 2.05) is 63.2 Å². The highest BCUT2D eigenvalue weighted by Gasteiger charge is 2.48. The Morgan fingerprint density at radius 2 is 1.33 bits per heavy atom. The summed E-state index contributed by atoms with van der Waals surface area (Å²) in [6.45, 7) is 6.05. The molecule has 0 saturated heterocycles. The number of amides is 2. The molecule has 0 spiro atoms. The first-order valence-electron chi connectivity index (χ1n) is 8.19. The van der Waals surface area contributed by atoms with E-state index in [0.29, 0.717) is 6.42 Å². The van der Waals surface area contributed by atoms with Crippen LogP contribution in [-0.4, -0.2) is 11.8 Å². The monoisotopic (exact) mass is 322 g/mol. The van der Waals surface area contributed by atoms with Gasteiger partial charge in [-0.2, -0.15) is 0 Å². The van der Waals surface area contributed by atoms with Crippen LogP contribution in [0.2, 0.25) is 0 Å². The minimum Gasteiger partial charge on any atom is -0.326 e. The molecule has 0 aliphatic heterocycles. The van der Waals surface area contributed by atoms with Gasteiger partial charge in [0, 0.05) is 11.4 Å². The molecule has 2 aromatic carbocycles. The molecule has 124 valence electrons. The summed E-state index contributed by atoms with van der Waals surface area (Å²) in [5, 5.41) is 5.79. The van der Waals surface area contributed by atoms with Gasteiger partial charge in [-0.15, -0.1) is 0 Å². The highest BCUT2D eigenvalue weighted by molar-refractivity contribution is 6.03. The Labute approximate surface area is 142 Å². The van der Waals surface area contributed by atoms with E-state index in [1.165, 1.54) is 5.56 Å². The van der Waals surface area contributed by atoms with Crippen LogP contribution in [-0.2, 0) is 9.59 Å². The Morgan fingerprint density at radius 1 is 0.792 bits per heavy atom. The normalized spacial score (nSPS) is 18.8. The van der Waals surface area contributed by atoms with Crippen molar-refractivity contribution in [3.63, 3.8) is 0 Å². The number of nitrogens with one attached hydrogen (secondary N) is 2. The molecule has 0 bridgehead atoms. The number of aryl methyl sites for hydroxylation is 3. The maximum absolute atomic E-state index is 12.3. The summed E-state index contributed by atoms with van der Waals surface area (Å²) < 4.78 is 0. The SMILES string of the molecule is Cc1ccc(NC(=O)C2CC2C(=O)Nc2ccc(C)c(C)c2)cc1. The average Bonchev–Trinajstić information content (AvgIpc) is 3.34. The fourth-order valence-corrected chi connectivity index (χ4v) is 2.70. The standard InChI is InChI=1S/C20H22N2O2/c1-12-4-7-15(8-5-12)21-19(23)17-11-18(17)20(24)22-16-9-6-13(2)14(3)10-16/h4-10,17-18H,11H2,1-3H3,(H,21,23)(H,22,24). The van der Waals surface area contributed by atoms with E-state index >= 15 is 0 Å². The first-order chi connectivity index (χ1) is 11.4. The van der Waals surface area contributed by atoms with E-state index in [0.717, 1.165) is 22.5 Å². The van der Waals surface area contributed by atoms with Crippen LogP contribution in [0.15, 0.2) is 42.5 Å². The van der Waals surface area contributed by atoms with Crippen LogP contribution in [0.3, 0.4) is 0 Å². The quantitative estimate of drug-likeness (QED) is 0.899. The molecule has 24 heavy (non-hydrogen) atoms. The van der Waals surface area contributed by atoms with Crippen molar-refractivity contribution in [2.75, 3.05) is 10.6 Å². The molecule has 1 fully saturated rings. The molecule has 2 unspecified atom stereocenters. The van der Waals surface area contributed by atoms with Crippen molar-refractivity contribution >= 4 is 23.2 Å². The zero-order chi connectivity index (χ0) is 17.3. The Bertz CT molecular complexity index is 781. The third-order valence-corrected chi connectivity index (χ3v) is 4.56. The second-order valence-corrected chi connectivity index (χ2v) is 6.59. The second kappa shape index (κ2) is 6.48. The van der Waals surface area contributed by atoms with E-state index in [1.54, 1.807) is 0 Å². The topological polar surface area (TPSA) is 58.2 Å². The number of anilines is 2. The van der Waals surface area contributed by atoms with Gasteiger partial charge in [-0.25, -0.2) is 0 Å². The van der Waals surface area contributed by atoms with Gasteiger partial charge < -0.3 is 10.6 Å². The molecular formula is C20H22N2O2. The van der Waals surface area contributed by atoms with Crippen molar-refractivity contribution < 1.29 is 9.59 Å². The zero-order valence-corrected chi connectivity index (χ0v) is 14.2. The number of hydrogen-bond donors (Lipinski definition) is 2. The van der Waals surface area contributed by atoms with E-state index < -0.39 is 0 Å². The van der Waals surface area contributed by atoms with Crippen molar-refractivity contribution in [3.8, 4) is 0 Å². The molecule has 4 nitrogen and oxygen atoms in total. The summed E-state index contributed by atoms with van der Waals surface area (Å²) in [6.07, 6.45) is 0.606. The molecule has 0 heterocycles. The molecule has 0 radical (unpaired) electrons. The van der Waals surface area contributed by atoms with E-state index in [9.17, 15) is 9.59 Å². The third kappa shape index (κ3) is 3.65. The lowest BCUT2D eigenvalue weighted by atomic mass is 10.1. The third-order valence-electron chi connectivity index (χ3n) is 4.56. The first kappa shape index (κ1) is 16.2. The van der Waals surface area contributed by atoms with Crippen molar-refractivity contribution in [2.24, 2.45) is 11.8 Å². The van der Waals surface area contributed by atoms with Crippen LogP contribution in [0.25, 0.3) is 0 Å². The van der Waals surface area contributed by atoms with Gasteiger partial charge >= 0.3 is 0 Å². The first-order valence-corrected chi connectivity index (χ1v) is 8.19. The average molecular weight is 322 g/mol. The summed E-state index contributed by atoms with van der Waals surface area (Å²) >= 11 is 0. The van der Waals surface area contributed by atoms with Gasteiger partial charge in [0.2, 0.25) is 11.8 Å². The lowest BCUT2D eigenvalue weighted by Gasteiger charge is -2.08. The molecule has 0 aromatic heterocycles. The largest absolute Gasteiger partial charge is 0.326 e. The van der Waals surface area contributed by atoms with Gasteiger partial charge in [0.25, 0.3) is 0 Å². The smallest absolute Gasteiger partial charge is 0.228 e. The fourth-order valence-electron chi connectivity index (χ4n) is 2.70. The lowest BCUT2D eigenvalue weighted by molar-refractivity contribution is -0.122. The van der Waals surface area contributed by atoms with Crippen molar-refractivity contribution in [1.29, 1.82) is 0 Å². The van der Waals surface area contributed by atoms with Crippen LogP contribution >= 0.6 is 0 Å². The van der Waals surface area contributed by atoms with Crippen LogP contribution in [0, 0.1) is 32.6 Å². The minimum absolute atomic E-state index is 0.0812. The Morgan fingerprint density at radius 3 is 1.92 bits per heavy atom. The van der Waals surface area contributed by atoms with Gasteiger partial charge in [0.1, 0.15) is 0 Å². The Balaban J connectivity index is 1.55. The molecule has 2 amide bonds. The van der Waals surface area contributed by atoms with Gasteiger partial charge in [0.05, 0.1) is 11.8 Å². The molecule has 1 aliphatic rings. The van der Waals surface area contributed by atoms with Crippen molar-refractivity contribution in [3.05, 3.63) is 59.2 Å². The van der Waals surface area contributed by atoms with Crippen LogP contribution < -0.4 is 10.6 Å². The minimum atomic E-state index is -0.239. The molecule has 2 atom stereocenters. The number of benzene rings is 2. The highest BCUT2D eigenvalue weighted by Crippen LogP contribution is 2.40.